The van der Waals surface area contributed by atoms with Crippen LogP contribution in [-0.2, 0) is 9.59 Å². The largest absolute Gasteiger partial charge is 0.353 e. The average molecular weight is 350 g/mol. The molecule has 0 aromatic rings. The molecule has 5 nitrogen and oxygen atoms in total. The van der Waals surface area contributed by atoms with Crippen LogP contribution in [-0.4, -0.2) is 37.5 Å². The summed E-state index contributed by atoms with van der Waals surface area (Å²) >= 11 is 0. The molecule has 4 bridgehead atoms. The molecule has 0 radical (unpaired) electrons. The predicted octanol–water partition coefficient (Wildman–Crippen LogP) is 2.07. The van der Waals surface area contributed by atoms with Crippen LogP contribution < -0.4 is 16.0 Å². The van der Waals surface area contributed by atoms with Gasteiger partial charge < -0.3 is 16.0 Å². The quantitative estimate of drug-likeness (QED) is 0.588. The summed E-state index contributed by atoms with van der Waals surface area (Å²) in [6.45, 7) is 8.32. The lowest BCUT2D eigenvalue weighted by molar-refractivity contribution is -0.149. The fourth-order valence-electron chi connectivity index (χ4n) is 5.78. The summed E-state index contributed by atoms with van der Waals surface area (Å²) in [5, 5.41) is 9.30. The summed E-state index contributed by atoms with van der Waals surface area (Å²) < 4.78 is 0. The van der Waals surface area contributed by atoms with E-state index in [4.69, 9.17) is 0 Å². The molecule has 3 N–H and O–H groups in total. The van der Waals surface area contributed by atoms with Crippen LogP contribution in [0.5, 0.6) is 0 Å². The molecule has 4 aliphatic rings. The Balaban J connectivity index is 1.60. The highest BCUT2D eigenvalue weighted by Crippen LogP contribution is 2.60. The monoisotopic (exact) mass is 349 g/mol. The summed E-state index contributed by atoms with van der Waals surface area (Å²) in [5.41, 5.74) is -0.189. The van der Waals surface area contributed by atoms with Crippen molar-refractivity contribution in [3.8, 4) is 0 Å². The van der Waals surface area contributed by atoms with Gasteiger partial charge in [0.05, 0.1) is 0 Å². The second-order valence-corrected chi connectivity index (χ2v) is 9.04. The van der Waals surface area contributed by atoms with Crippen LogP contribution in [0.4, 0.5) is 0 Å². The van der Waals surface area contributed by atoms with Gasteiger partial charge in [-0.25, -0.2) is 0 Å². The first-order valence-electron chi connectivity index (χ1n) is 10.2. The molecule has 0 heterocycles. The lowest BCUT2D eigenvalue weighted by Gasteiger charge is -2.55. The zero-order valence-electron chi connectivity index (χ0n) is 16.1. The number of carbonyl (C=O) groups is 2. The van der Waals surface area contributed by atoms with E-state index in [0.29, 0.717) is 6.54 Å². The second kappa shape index (κ2) is 7.65. The standard InChI is InChI=1S/C20H35N3O2/c1-4-21-5-6-22-18(24)17(13(2)3)23-19(25)20-10-14-7-15(11-20)9-16(8-14)12-20/h13-17,21H,4-12H2,1-3H3,(H,22,24)(H,23,25). The number of carbonyl (C=O) groups excluding carboxylic acids is 2. The van der Waals surface area contributed by atoms with Crippen LogP contribution in [0.15, 0.2) is 0 Å². The summed E-state index contributed by atoms with van der Waals surface area (Å²) in [5.74, 6) is 2.41. The van der Waals surface area contributed by atoms with Crippen molar-refractivity contribution in [2.75, 3.05) is 19.6 Å². The van der Waals surface area contributed by atoms with E-state index in [9.17, 15) is 9.59 Å². The highest BCUT2D eigenvalue weighted by Gasteiger charge is 2.55. The van der Waals surface area contributed by atoms with Crippen molar-refractivity contribution in [1.82, 2.24) is 16.0 Å². The minimum absolute atomic E-state index is 0.0500. The van der Waals surface area contributed by atoms with E-state index in [2.05, 4.69) is 16.0 Å². The highest BCUT2D eigenvalue weighted by atomic mass is 16.2. The molecule has 4 fully saturated rings. The molecule has 0 saturated heterocycles. The third kappa shape index (κ3) is 4.02. The van der Waals surface area contributed by atoms with Gasteiger partial charge in [-0.1, -0.05) is 20.8 Å². The van der Waals surface area contributed by atoms with Crippen LogP contribution in [0.3, 0.4) is 0 Å². The smallest absolute Gasteiger partial charge is 0.242 e. The van der Waals surface area contributed by atoms with Crippen molar-refractivity contribution >= 4 is 11.8 Å². The molecule has 5 heteroatoms. The predicted molar refractivity (Wildman–Crippen MR) is 98.9 cm³/mol. The number of hydrogen-bond acceptors (Lipinski definition) is 3. The van der Waals surface area contributed by atoms with E-state index in [1.807, 2.05) is 20.8 Å². The summed E-state index contributed by atoms with van der Waals surface area (Å²) in [6, 6.07) is -0.429. The van der Waals surface area contributed by atoms with Gasteiger partial charge in [-0.15, -0.1) is 0 Å². The molecular weight excluding hydrogens is 314 g/mol. The Morgan fingerprint density at radius 3 is 2.04 bits per heavy atom. The maximum atomic E-state index is 13.2. The van der Waals surface area contributed by atoms with Crippen molar-refractivity contribution in [2.45, 2.75) is 65.3 Å². The molecule has 0 aliphatic heterocycles. The number of rotatable bonds is 8. The normalized spacial score (nSPS) is 34.2. The van der Waals surface area contributed by atoms with Crippen molar-refractivity contribution in [1.29, 1.82) is 0 Å². The Hall–Kier alpha value is -1.10. The molecule has 1 unspecified atom stereocenters. The van der Waals surface area contributed by atoms with Gasteiger partial charge in [0.1, 0.15) is 6.04 Å². The fraction of sp³-hybridized carbons (Fsp3) is 0.900. The molecule has 4 aliphatic carbocycles. The number of hydrogen-bond donors (Lipinski definition) is 3. The topological polar surface area (TPSA) is 70.2 Å². The lowest BCUT2D eigenvalue weighted by atomic mass is 9.49. The molecule has 0 aromatic carbocycles. The van der Waals surface area contributed by atoms with Crippen LogP contribution >= 0.6 is 0 Å². The first kappa shape index (κ1) is 18.7. The SMILES string of the molecule is CCNCCNC(=O)C(NC(=O)C12CC3CC(CC(C3)C1)C2)C(C)C. The van der Waals surface area contributed by atoms with Gasteiger partial charge in [-0.05, 0) is 68.7 Å². The lowest BCUT2D eigenvalue weighted by Crippen LogP contribution is -2.58. The molecule has 0 aromatic heterocycles. The van der Waals surface area contributed by atoms with E-state index >= 15 is 0 Å². The summed E-state index contributed by atoms with van der Waals surface area (Å²) in [7, 11) is 0. The van der Waals surface area contributed by atoms with Gasteiger partial charge in [0, 0.05) is 18.5 Å². The van der Waals surface area contributed by atoms with Gasteiger partial charge in [0.2, 0.25) is 11.8 Å². The van der Waals surface area contributed by atoms with E-state index in [1.54, 1.807) is 0 Å². The average Bonchev–Trinajstić information content (AvgIpc) is 2.54. The van der Waals surface area contributed by atoms with Crippen LogP contribution in [0.2, 0.25) is 0 Å². The Kier molecular flexibility index (Phi) is 5.71. The number of likely N-dealkylation sites (N-methyl/N-ethyl adjacent to an activating group) is 1. The van der Waals surface area contributed by atoms with Crippen molar-refractivity contribution in [3.63, 3.8) is 0 Å². The molecule has 1 atom stereocenters. The molecular formula is C20H35N3O2. The van der Waals surface area contributed by atoms with Gasteiger partial charge in [0.15, 0.2) is 0 Å². The fourth-order valence-corrected chi connectivity index (χ4v) is 5.78. The molecule has 4 rings (SSSR count). The maximum absolute atomic E-state index is 13.2. The van der Waals surface area contributed by atoms with Crippen molar-refractivity contribution in [3.05, 3.63) is 0 Å². The first-order chi connectivity index (χ1) is 11.9. The minimum Gasteiger partial charge on any atom is -0.353 e. The van der Waals surface area contributed by atoms with Gasteiger partial charge >= 0.3 is 0 Å². The Morgan fingerprint density at radius 2 is 1.56 bits per heavy atom. The maximum Gasteiger partial charge on any atom is 0.242 e. The van der Waals surface area contributed by atoms with E-state index in [1.165, 1.54) is 19.3 Å². The van der Waals surface area contributed by atoms with Gasteiger partial charge in [-0.2, -0.15) is 0 Å². The molecule has 4 saturated carbocycles. The van der Waals surface area contributed by atoms with Crippen LogP contribution in [0, 0.1) is 29.1 Å². The zero-order valence-corrected chi connectivity index (χ0v) is 16.1. The van der Waals surface area contributed by atoms with Crippen LogP contribution in [0.1, 0.15) is 59.3 Å². The number of nitrogens with one attached hydrogen (secondary N) is 3. The zero-order chi connectivity index (χ0) is 18.0. The third-order valence-electron chi connectivity index (χ3n) is 6.61. The Labute approximate surface area is 152 Å². The second-order valence-electron chi connectivity index (χ2n) is 9.04. The van der Waals surface area contributed by atoms with Gasteiger partial charge in [0.25, 0.3) is 0 Å². The Morgan fingerprint density at radius 1 is 1.00 bits per heavy atom. The first-order valence-corrected chi connectivity index (χ1v) is 10.2. The highest BCUT2D eigenvalue weighted by molar-refractivity contribution is 5.90. The van der Waals surface area contributed by atoms with Crippen molar-refractivity contribution < 1.29 is 9.59 Å². The third-order valence-corrected chi connectivity index (χ3v) is 6.61. The van der Waals surface area contributed by atoms with Crippen molar-refractivity contribution in [2.24, 2.45) is 29.1 Å². The van der Waals surface area contributed by atoms with E-state index < -0.39 is 6.04 Å². The van der Waals surface area contributed by atoms with E-state index in [0.717, 1.165) is 50.1 Å². The van der Waals surface area contributed by atoms with Gasteiger partial charge in [-0.3, -0.25) is 9.59 Å². The molecule has 0 spiro atoms. The van der Waals surface area contributed by atoms with E-state index in [-0.39, 0.29) is 23.1 Å². The van der Waals surface area contributed by atoms with Crippen LogP contribution in [0.25, 0.3) is 0 Å². The number of amides is 2. The molecule has 2 amide bonds. The molecule has 142 valence electrons. The summed E-state index contributed by atoms with van der Waals surface area (Å²) in [6.07, 6.45) is 7.09. The molecule has 25 heavy (non-hydrogen) atoms. The Bertz CT molecular complexity index is 468. The summed E-state index contributed by atoms with van der Waals surface area (Å²) in [4.78, 5) is 25.7. The minimum atomic E-state index is -0.429.